The van der Waals surface area contributed by atoms with Crippen LogP contribution in [0.4, 0.5) is 0 Å². The smallest absolute Gasteiger partial charge is 0.204 e. The van der Waals surface area contributed by atoms with Crippen LogP contribution in [0, 0.1) is 0 Å². The topological polar surface area (TPSA) is 105 Å². The second-order valence-electron chi connectivity index (χ2n) is 5.32. The molecule has 0 aromatic heterocycles. The van der Waals surface area contributed by atoms with Crippen molar-refractivity contribution in [3.63, 3.8) is 0 Å². The van der Waals surface area contributed by atoms with Crippen molar-refractivity contribution in [3.8, 4) is 34.5 Å². The van der Waals surface area contributed by atoms with Crippen LogP contribution in [0.3, 0.4) is 0 Å². The summed E-state index contributed by atoms with van der Waals surface area (Å²) in [7, 11) is 2.74. The summed E-state index contributed by atoms with van der Waals surface area (Å²) in [5, 5.41) is 29.5. The van der Waals surface area contributed by atoms with Gasteiger partial charge in [-0.3, -0.25) is 4.79 Å². The maximum absolute atomic E-state index is 12.4. The van der Waals surface area contributed by atoms with Gasteiger partial charge < -0.3 is 29.5 Å². The van der Waals surface area contributed by atoms with Crippen LogP contribution in [0.15, 0.2) is 24.3 Å². The minimum absolute atomic E-state index is 0.0108. The molecule has 1 aliphatic rings. The summed E-state index contributed by atoms with van der Waals surface area (Å²) < 4.78 is 16.0. The maximum Gasteiger partial charge on any atom is 0.204 e. The number of aromatic hydroxyl groups is 3. The number of phenolic OH excluding ortho intramolecular Hbond substituents is 3. The molecule has 1 aliphatic heterocycles. The molecule has 3 N–H and O–H groups in total. The van der Waals surface area contributed by atoms with Crippen molar-refractivity contribution in [2.45, 2.75) is 12.5 Å². The average molecular weight is 332 g/mol. The normalized spacial score (nSPS) is 16.2. The van der Waals surface area contributed by atoms with Gasteiger partial charge in [0.05, 0.1) is 20.6 Å². The molecule has 2 aromatic rings. The summed E-state index contributed by atoms with van der Waals surface area (Å²) in [6.07, 6.45) is -0.683. The number of ketones is 1. The molecule has 0 saturated heterocycles. The highest BCUT2D eigenvalue weighted by molar-refractivity contribution is 6.03. The molecule has 0 bridgehead atoms. The Bertz CT molecular complexity index is 813. The van der Waals surface area contributed by atoms with E-state index in [2.05, 4.69) is 0 Å². The van der Waals surface area contributed by atoms with Gasteiger partial charge in [0.25, 0.3) is 0 Å². The largest absolute Gasteiger partial charge is 0.507 e. The molecule has 1 heterocycles. The summed E-state index contributed by atoms with van der Waals surface area (Å²) >= 11 is 0. The molecule has 0 saturated carbocycles. The summed E-state index contributed by atoms with van der Waals surface area (Å²) in [4.78, 5) is 12.4. The highest BCUT2D eigenvalue weighted by atomic mass is 16.5. The molecule has 0 amide bonds. The minimum Gasteiger partial charge on any atom is -0.507 e. The highest BCUT2D eigenvalue weighted by Crippen LogP contribution is 2.49. The van der Waals surface area contributed by atoms with E-state index >= 15 is 0 Å². The lowest BCUT2D eigenvalue weighted by Crippen LogP contribution is -2.21. The van der Waals surface area contributed by atoms with Gasteiger partial charge in [-0.1, -0.05) is 6.07 Å². The van der Waals surface area contributed by atoms with E-state index in [9.17, 15) is 20.1 Å². The van der Waals surface area contributed by atoms with Gasteiger partial charge in [-0.25, -0.2) is 0 Å². The molecule has 24 heavy (non-hydrogen) atoms. The fourth-order valence-corrected chi connectivity index (χ4v) is 2.73. The standard InChI is InChI=1S/C17H16O7/c1-22-14-5-8(3-4-9(14)18)13-7-11(20)15-10(19)6-12(21)16(23-2)17(15)24-13/h3-6,13,18-19,21H,7H2,1-2H3. The Labute approximate surface area is 137 Å². The third-order valence-electron chi connectivity index (χ3n) is 3.88. The summed E-state index contributed by atoms with van der Waals surface area (Å²) in [6, 6.07) is 5.65. The van der Waals surface area contributed by atoms with E-state index in [1.807, 2.05) is 0 Å². The van der Waals surface area contributed by atoms with Crippen LogP contribution >= 0.6 is 0 Å². The van der Waals surface area contributed by atoms with Crippen molar-refractivity contribution >= 4 is 5.78 Å². The van der Waals surface area contributed by atoms with E-state index in [1.54, 1.807) is 12.1 Å². The van der Waals surface area contributed by atoms with Gasteiger partial charge in [0.2, 0.25) is 5.75 Å². The number of carbonyl (C=O) groups excluding carboxylic acids is 1. The molecule has 126 valence electrons. The second-order valence-corrected chi connectivity index (χ2v) is 5.32. The van der Waals surface area contributed by atoms with Crippen molar-refractivity contribution in [1.29, 1.82) is 0 Å². The van der Waals surface area contributed by atoms with Crippen LogP contribution in [0.25, 0.3) is 0 Å². The predicted octanol–water partition coefficient (Wildman–Crippen LogP) is 2.53. The van der Waals surface area contributed by atoms with Crippen LogP contribution in [0.2, 0.25) is 0 Å². The molecule has 7 heteroatoms. The Morgan fingerprint density at radius 2 is 1.79 bits per heavy atom. The van der Waals surface area contributed by atoms with Crippen LogP contribution in [-0.4, -0.2) is 35.3 Å². The van der Waals surface area contributed by atoms with E-state index in [1.165, 1.54) is 20.3 Å². The number of carbonyl (C=O) groups is 1. The maximum atomic E-state index is 12.4. The number of benzene rings is 2. The lowest BCUT2D eigenvalue weighted by atomic mass is 9.95. The fraction of sp³-hybridized carbons (Fsp3) is 0.235. The summed E-state index contributed by atoms with van der Waals surface area (Å²) in [5.41, 5.74) is 0.583. The van der Waals surface area contributed by atoms with Crippen molar-refractivity contribution in [2.24, 2.45) is 0 Å². The number of fused-ring (bicyclic) bond motifs is 1. The average Bonchev–Trinajstić information content (AvgIpc) is 2.54. The number of Topliss-reactive ketones (excluding diaryl/α,β-unsaturated/α-hetero) is 1. The van der Waals surface area contributed by atoms with Crippen LogP contribution in [0.5, 0.6) is 34.5 Å². The van der Waals surface area contributed by atoms with Crippen molar-refractivity contribution in [1.82, 2.24) is 0 Å². The molecule has 7 nitrogen and oxygen atoms in total. The van der Waals surface area contributed by atoms with E-state index in [0.717, 1.165) is 6.07 Å². The zero-order chi connectivity index (χ0) is 17.4. The zero-order valence-corrected chi connectivity index (χ0v) is 13.1. The van der Waals surface area contributed by atoms with Crippen molar-refractivity contribution in [3.05, 3.63) is 35.4 Å². The first kappa shape index (κ1) is 15.8. The number of hydrogen-bond acceptors (Lipinski definition) is 7. The molecule has 0 fully saturated rings. The molecular formula is C17H16O7. The summed E-state index contributed by atoms with van der Waals surface area (Å²) in [5.74, 6) is -0.851. The number of rotatable bonds is 3. The Kier molecular flexibility index (Phi) is 3.84. The van der Waals surface area contributed by atoms with E-state index < -0.39 is 6.10 Å². The van der Waals surface area contributed by atoms with Gasteiger partial charge in [-0.15, -0.1) is 0 Å². The molecule has 0 spiro atoms. The first-order valence-electron chi connectivity index (χ1n) is 7.16. The number of hydrogen-bond donors (Lipinski definition) is 3. The minimum atomic E-state index is -0.672. The zero-order valence-electron chi connectivity index (χ0n) is 13.1. The molecular weight excluding hydrogens is 316 g/mol. The molecule has 2 aromatic carbocycles. The van der Waals surface area contributed by atoms with Crippen molar-refractivity contribution < 1.29 is 34.3 Å². The van der Waals surface area contributed by atoms with Crippen LogP contribution < -0.4 is 14.2 Å². The highest BCUT2D eigenvalue weighted by Gasteiger charge is 2.34. The molecule has 0 radical (unpaired) electrons. The van der Waals surface area contributed by atoms with E-state index in [-0.39, 0.29) is 52.3 Å². The van der Waals surface area contributed by atoms with Crippen molar-refractivity contribution in [2.75, 3.05) is 14.2 Å². The Hall–Kier alpha value is -3.09. The van der Waals surface area contributed by atoms with Gasteiger partial charge in [0, 0.05) is 6.07 Å². The molecule has 3 rings (SSSR count). The quantitative estimate of drug-likeness (QED) is 0.793. The van der Waals surface area contributed by atoms with Gasteiger partial charge in [0.1, 0.15) is 17.4 Å². The Balaban J connectivity index is 2.07. The molecule has 1 unspecified atom stereocenters. The van der Waals surface area contributed by atoms with Crippen LogP contribution in [0.1, 0.15) is 28.4 Å². The first-order chi connectivity index (χ1) is 11.5. The Morgan fingerprint density at radius 1 is 1.04 bits per heavy atom. The lowest BCUT2D eigenvalue weighted by molar-refractivity contribution is 0.0836. The van der Waals surface area contributed by atoms with Gasteiger partial charge >= 0.3 is 0 Å². The van der Waals surface area contributed by atoms with Gasteiger partial charge in [0.15, 0.2) is 28.8 Å². The number of phenols is 3. The number of ether oxygens (including phenoxy) is 3. The second kappa shape index (κ2) is 5.84. The van der Waals surface area contributed by atoms with Gasteiger partial charge in [-0.2, -0.15) is 0 Å². The predicted molar refractivity (Wildman–Crippen MR) is 83.3 cm³/mol. The van der Waals surface area contributed by atoms with Gasteiger partial charge in [-0.05, 0) is 17.7 Å². The number of methoxy groups -OCH3 is 2. The third kappa shape index (κ3) is 2.44. The monoisotopic (exact) mass is 332 g/mol. The SMILES string of the molecule is COc1cc(C2CC(=O)c3c(O)cc(O)c(OC)c3O2)ccc1O. The first-order valence-corrected chi connectivity index (χ1v) is 7.16. The van der Waals surface area contributed by atoms with E-state index in [0.29, 0.717) is 5.56 Å². The molecule has 0 aliphatic carbocycles. The lowest BCUT2D eigenvalue weighted by Gasteiger charge is -2.27. The van der Waals surface area contributed by atoms with E-state index in [4.69, 9.17) is 14.2 Å². The fourth-order valence-electron chi connectivity index (χ4n) is 2.73. The Morgan fingerprint density at radius 3 is 2.46 bits per heavy atom. The third-order valence-corrected chi connectivity index (χ3v) is 3.88. The molecule has 1 atom stereocenters. The summed E-state index contributed by atoms with van der Waals surface area (Å²) in [6.45, 7) is 0. The van der Waals surface area contributed by atoms with Crippen LogP contribution in [-0.2, 0) is 0 Å².